The van der Waals surface area contributed by atoms with E-state index in [0.717, 1.165) is 6.08 Å². The Hall–Kier alpha value is -2.27. The van der Waals surface area contributed by atoms with Gasteiger partial charge in [0.25, 0.3) is 0 Å². The molecule has 0 aliphatic heterocycles. The molecule has 0 bridgehead atoms. The van der Waals surface area contributed by atoms with Crippen LogP contribution < -0.4 is 0 Å². The summed E-state index contributed by atoms with van der Waals surface area (Å²) < 4.78 is 83.6. The predicted octanol–water partition coefficient (Wildman–Crippen LogP) is 6.66. The smallest absolute Gasteiger partial charge is 0.426 e. The van der Waals surface area contributed by atoms with Crippen LogP contribution in [0, 0.1) is 24.2 Å². The second-order valence-electron chi connectivity index (χ2n) is 7.53. The molecule has 2 atom stereocenters. The van der Waals surface area contributed by atoms with Crippen molar-refractivity contribution in [3.05, 3.63) is 70.6 Å². The molecule has 0 amide bonds. The first kappa shape index (κ1) is 15.6. The van der Waals surface area contributed by atoms with E-state index in [1.54, 1.807) is 39.0 Å². The van der Waals surface area contributed by atoms with Gasteiger partial charge in [-0.1, -0.05) is 79.9 Å². The van der Waals surface area contributed by atoms with E-state index in [0.29, 0.717) is 16.7 Å². The van der Waals surface area contributed by atoms with Gasteiger partial charge in [0.2, 0.25) is 0 Å². The van der Waals surface area contributed by atoms with Gasteiger partial charge in [-0.15, -0.1) is 0 Å². The fourth-order valence-corrected chi connectivity index (χ4v) is 3.56. The van der Waals surface area contributed by atoms with Gasteiger partial charge < -0.3 is 4.74 Å². The van der Waals surface area contributed by atoms with Crippen LogP contribution in [0.2, 0.25) is 0 Å². The SMILES string of the molecule is [2H]c1c([2H])c([2H])c(-c2cccc(COC(=O)[C@H]3[C@H](/C=C(\Cl)C(F)(F)F)C3(C)C)c2C)c([2H])c1[2H]. The number of benzene rings is 2. The Bertz CT molecular complexity index is 1170. The minimum absolute atomic E-state index is 0.0343. The fourth-order valence-electron chi connectivity index (χ4n) is 3.43. The van der Waals surface area contributed by atoms with Crippen LogP contribution in [0.3, 0.4) is 0 Å². The van der Waals surface area contributed by atoms with Gasteiger partial charge in [-0.25, -0.2) is 0 Å². The number of carbonyl (C=O) groups excluding carboxylic acids is 1. The standard InChI is InChI=1S/C23H22ClF3O2/c1-14-16(10-7-11-17(14)15-8-5-4-6-9-15)13-29-21(28)20-18(22(20,2)3)12-19(24)23(25,26)27/h4-12,18,20H,13H2,1-3H3/b19-12-/t18-,20+/m0/s1/i4D,5D,6D,8D,9D. The third kappa shape index (κ3) is 4.50. The minimum Gasteiger partial charge on any atom is -0.461 e. The lowest BCUT2D eigenvalue weighted by atomic mass is 9.97. The molecule has 2 aromatic rings. The van der Waals surface area contributed by atoms with Gasteiger partial charge in [0.15, 0.2) is 0 Å². The summed E-state index contributed by atoms with van der Waals surface area (Å²) in [5.41, 5.74) is 0.784. The first-order chi connectivity index (χ1) is 15.6. The Balaban J connectivity index is 1.84. The van der Waals surface area contributed by atoms with Crippen molar-refractivity contribution >= 4 is 17.6 Å². The van der Waals surface area contributed by atoms with Crippen molar-refractivity contribution in [1.29, 1.82) is 0 Å². The molecular weight excluding hydrogens is 401 g/mol. The van der Waals surface area contributed by atoms with E-state index in [9.17, 15) is 18.0 Å². The Morgan fingerprint density at radius 2 is 1.93 bits per heavy atom. The molecule has 6 heteroatoms. The highest BCUT2D eigenvalue weighted by Gasteiger charge is 2.62. The lowest BCUT2D eigenvalue weighted by Crippen LogP contribution is -2.11. The highest BCUT2D eigenvalue weighted by Crippen LogP contribution is 2.60. The summed E-state index contributed by atoms with van der Waals surface area (Å²) in [6.07, 6.45) is -3.84. The average Bonchev–Trinajstić information content (AvgIpc) is 3.30. The molecule has 0 spiro atoms. The van der Waals surface area contributed by atoms with Crippen LogP contribution in [0.5, 0.6) is 0 Å². The van der Waals surface area contributed by atoms with E-state index >= 15 is 0 Å². The van der Waals surface area contributed by atoms with Crippen molar-refractivity contribution in [3.8, 4) is 11.1 Å². The van der Waals surface area contributed by atoms with Crippen LogP contribution in [0.15, 0.2) is 59.5 Å². The molecule has 2 nitrogen and oxygen atoms in total. The first-order valence-corrected chi connectivity index (χ1v) is 9.25. The number of alkyl halides is 3. The van der Waals surface area contributed by atoms with Crippen LogP contribution >= 0.6 is 11.6 Å². The largest absolute Gasteiger partial charge is 0.461 e. The zero-order valence-corrected chi connectivity index (χ0v) is 16.8. The first-order valence-electron chi connectivity index (χ1n) is 11.4. The summed E-state index contributed by atoms with van der Waals surface area (Å²) in [5.74, 6) is -2.16. The van der Waals surface area contributed by atoms with Crippen molar-refractivity contribution in [2.75, 3.05) is 0 Å². The molecule has 3 rings (SSSR count). The molecule has 0 unspecified atom stereocenters. The maximum atomic E-state index is 12.8. The summed E-state index contributed by atoms with van der Waals surface area (Å²) >= 11 is 5.33. The number of allylic oxidation sites excluding steroid dienone is 2. The molecule has 0 heterocycles. The van der Waals surface area contributed by atoms with Crippen LogP contribution in [-0.4, -0.2) is 12.1 Å². The maximum absolute atomic E-state index is 12.8. The van der Waals surface area contributed by atoms with E-state index in [4.69, 9.17) is 23.2 Å². The molecule has 0 saturated heterocycles. The molecule has 0 aromatic heterocycles. The number of carbonyl (C=O) groups is 1. The summed E-state index contributed by atoms with van der Waals surface area (Å²) in [5, 5.41) is -1.27. The summed E-state index contributed by atoms with van der Waals surface area (Å²) in [6.45, 7) is 4.80. The van der Waals surface area contributed by atoms with E-state index < -0.39 is 52.6 Å². The average molecular weight is 428 g/mol. The molecule has 1 fully saturated rings. The zero-order chi connectivity index (χ0) is 25.7. The van der Waals surface area contributed by atoms with Crippen molar-refractivity contribution in [2.45, 2.75) is 33.6 Å². The molecule has 2 aromatic carbocycles. The molecule has 29 heavy (non-hydrogen) atoms. The number of hydrogen-bond acceptors (Lipinski definition) is 2. The van der Waals surface area contributed by atoms with E-state index in [1.165, 1.54) is 0 Å². The van der Waals surface area contributed by atoms with Crippen molar-refractivity contribution < 1.29 is 29.6 Å². The lowest BCUT2D eigenvalue weighted by Gasteiger charge is -2.12. The lowest BCUT2D eigenvalue weighted by molar-refractivity contribution is -0.147. The highest BCUT2D eigenvalue weighted by atomic mass is 35.5. The number of esters is 1. The third-order valence-corrected chi connectivity index (χ3v) is 5.69. The second kappa shape index (κ2) is 7.86. The molecule has 154 valence electrons. The quantitative estimate of drug-likeness (QED) is 0.498. The number of halogens is 4. The van der Waals surface area contributed by atoms with Gasteiger partial charge in [0, 0.05) is 0 Å². The molecule has 1 aliphatic rings. The Morgan fingerprint density at radius 1 is 1.28 bits per heavy atom. The molecule has 1 saturated carbocycles. The summed E-state index contributed by atoms with van der Waals surface area (Å²) in [7, 11) is 0. The van der Waals surface area contributed by atoms with Crippen LogP contribution in [-0.2, 0) is 16.1 Å². The minimum atomic E-state index is -4.68. The van der Waals surface area contributed by atoms with Crippen molar-refractivity contribution in [2.24, 2.45) is 17.3 Å². The highest BCUT2D eigenvalue weighted by molar-refractivity contribution is 6.30. The van der Waals surface area contributed by atoms with E-state index in [1.807, 2.05) is 0 Å². The van der Waals surface area contributed by atoms with Crippen LogP contribution in [0.25, 0.3) is 11.1 Å². The molecule has 1 aliphatic carbocycles. The van der Waals surface area contributed by atoms with Crippen molar-refractivity contribution in [1.82, 2.24) is 0 Å². The Kier molecular flexibility index (Phi) is 4.22. The number of ether oxygens (including phenoxy) is 1. The van der Waals surface area contributed by atoms with E-state index in [-0.39, 0.29) is 24.3 Å². The third-order valence-electron chi connectivity index (χ3n) is 5.35. The summed E-state index contributed by atoms with van der Waals surface area (Å²) in [4.78, 5) is 12.6. The number of rotatable bonds is 5. The van der Waals surface area contributed by atoms with Crippen LogP contribution in [0.4, 0.5) is 13.2 Å². The van der Waals surface area contributed by atoms with Gasteiger partial charge >= 0.3 is 12.1 Å². The Labute approximate surface area is 180 Å². The zero-order valence-electron chi connectivity index (χ0n) is 21.0. The van der Waals surface area contributed by atoms with Gasteiger partial charge in [-0.05, 0) is 40.5 Å². The van der Waals surface area contributed by atoms with Crippen molar-refractivity contribution in [3.63, 3.8) is 0 Å². The summed E-state index contributed by atoms with van der Waals surface area (Å²) in [6, 6.07) is 2.78. The maximum Gasteiger partial charge on any atom is 0.426 e. The number of hydrogen-bond donors (Lipinski definition) is 0. The monoisotopic (exact) mass is 427 g/mol. The topological polar surface area (TPSA) is 26.3 Å². The molecule has 0 radical (unpaired) electrons. The van der Waals surface area contributed by atoms with E-state index in [2.05, 4.69) is 0 Å². The van der Waals surface area contributed by atoms with Gasteiger partial charge in [0.05, 0.1) is 12.8 Å². The van der Waals surface area contributed by atoms with Gasteiger partial charge in [-0.3, -0.25) is 4.79 Å². The molecular formula is C23H22ClF3O2. The van der Waals surface area contributed by atoms with Gasteiger partial charge in [0.1, 0.15) is 11.6 Å². The normalized spacial score (nSPS) is 23.4. The Morgan fingerprint density at radius 3 is 2.55 bits per heavy atom. The second-order valence-corrected chi connectivity index (χ2v) is 7.94. The fraction of sp³-hybridized carbons (Fsp3) is 0.348. The predicted molar refractivity (Wildman–Crippen MR) is 107 cm³/mol. The van der Waals surface area contributed by atoms with Gasteiger partial charge in [-0.2, -0.15) is 13.2 Å². The molecule has 0 N–H and O–H groups in total. The van der Waals surface area contributed by atoms with Crippen LogP contribution in [0.1, 0.15) is 31.8 Å².